The number of nitrogen functional groups attached to an aromatic ring is 1. The predicted molar refractivity (Wildman–Crippen MR) is 79.2 cm³/mol. The Bertz CT molecular complexity index is 701. The Kier molecular flexibility index (Phi) is 4.05. The van der Waals surface area contributed by atoms with Crippen LogP contribution in [0.1, 0.15) is 30.3 Å². The highest BCUT2D eigenvalue weighted by atomic mass is 35.5. The van der Waals surface area contributed by atoms with E-state index in [0.717, 1.165) is 19.0 Å². The van der Waals surface area contributed by atoms with Gasteiger partial charge in [0, 0.05) is 19.0 Å². The Balaban J connectivity index is 1.81. The standard InChI is InChI=1S/C13H14ClF3N6/c14-9-10(18)20-6-21-12(9)23-3-1-2-7(5-23)11-19-4-8(22-11)13(15,16)17/h4,6-7H,1-3,5H2,(H,19,22)(H2,18,20,21). The van der Waals surface area contributed by atoms with Crippen molar-refractivity contribution in [3.63, 3.8) is 0 Å². The number of imidazole rings is 1. The van der Waals surface area contributed by atoms with Crippen LogP contribution in [0.2, 0.25) is 5.02 Å². The first-order chi connectivity index (χ1) is 10.9. The third-order valence-electron chi connectivity index (χ3n) is 3.81. The van der Waals surface area contributed by atoms with Crippen molar-refractivity contribution < 1.29 is 13.2 Å². The topological polar surface area (TPSA) is 83.7 Å². The molecule has 6 nitrogen and oxygen atoms in total. The molecule has 0 amide bonds. The molecule has 1 aliphatic rings. The van der Waals surface area contributed by atoms with Gasteiger partial charge >= 0.3 is 6.18 Å². The van der Waals surface area contributed by atoms with Crippen LogP contribution >= 0.6 is 11.6 Å². The van der Waals surface area contributed by atoms with Crippen molar-refractivity contribution in [1.82, 2.24) is 19.9 Å². The molecular weight excluding hydrogens is 333 g/mol. The fraction of sp³-hybridized carbons (Fsp3) is 0.462. The van der Waals surface area contributed by atoms with E-state index < -0.39 is 11.9 Å². The van der Waals surface area contributed by atoms with Gasteiger partial charge in [0.05, 0.1) is 6.20 Å². The molecule has 1 atom stereocenters. The molecule has 1 unspecified atom stereocenters. The van der Waals surface area contributed by atoms with Crippen LogP contribution in [-0.4, -0.2) is 33.0 Å². The van der Waals surface area contributed by atoms with Crippen molar-refractivity contribution >= 4 is 23.2 Å². The molecule has 1 aliphatic heterocycles. The van der Waals surface area contributed by atoms with Crippen LogP contribution in [0.15, 0.2) is 12.5 Å². The van der Waals surface area contributed by atoms with E-state index in [0.29, 0.717) is 24.7 Å². The molecule has 124 valence electrons. The van der Waals surface area contributed by atoms with Crippen LogP contribution in [-0.2, 0) is 6.18 Å². The van der Waals surface area contributed by atoms with E-state index >= 15 is 0 Å². The Morgan fingerprint density at radius 1 is 1.30 bits per heavy atom. The van der Waals surface area contributed by atoms with Crippen LogP contribution in [0.3, 0.4) is 0 Å². The Morgan fingerprint density at radius 2 is 2.09 bits per heavy atom. The summed E-state index contributed by atoms with van der Waals surface area (Å²) < 4.78 is 38.0. The van der Waals surface area contributed by atoms with Crippen LogP contribution in [0.5, 0.6) is 0 Å². The van der Waals surface area contributed by atoms with Crippen molar-refractivity contribution in [2.24, 2.45) is 0 Å². The lowest BCUT2D eigenvalue weighted by molar-refractivity contribution is -0.141. The number of hydrogen-bond donors (Lipinski definition) is 2. The quantitative estimate of drug-likeness (QED) is 0.873. The van der Waals surface area contributed by atoms with Gasteiger partial charge in [-0.2, -0.15) is 13.2 Å². The second-order valence-electron chi connectivity index (χ2n) is 5.36. The molecule has 2 aromatic rings. The number of nitrogens with zero attached hydrogens (tertiary/aromatic N) is 4. The number of nitrogens with one attached hydrogen (secondary N) is 1. The summed E-state index contributed by atoms with van der Waals surface area (Å²) in [6, 6.07) is 0. The highest BCUT2D eigenvalue weighted by Gasteiger charge is 2.34. The fourth-order valence-corrected chi connectivity index (χ4v) is 2.89. The maximum atomic E-state index is 12.7. The minimum atomic E-state index is -4.43. The molecule has 10 heteroatoms. The maximum absolute atomic E-state index is 12.7. The maximum Gasteiger partial charge on any atom is 0.432 e. The average molecular weight is 347 g/mol. The van der Waals surface area contributed by atoms with E-state index in [4.69, 9.17) is 17.3 Å². The number of aromatic nitrogens is 4. The molecule has 0 bridgehead atoms. The minimum Gasteiger partial charge on any atom is -0.382 e. The van der Waals surface area contributed by atoms with Gasteiger partial charge in [-0.1, -0.05) is 11.6 Å². The molecular formula is C13H14ClF3N6. The van der Waals surface area contributed by atoms with Crippen LogP contribution in [0.25, 0.3) is 0 Å². The van der Waals surface area contributed by atoms with Gasteiger partial charge in [0.25, 0.3) is 0 Å². The van der Waals surface area contributed by atoms with Gasteiger partial charge in [-0.3, -0.25) is 0 Å². The average Bonchev–Trinajstić information content (AvgIpc) is 3.00. The van der Waals surface area contributed by atoms with Gasteiger partial charge < -0.3 is 15.6 Å². The molecule has 3 rings (SSSR count). The van der Waals surface area contributed by atoms with Gasteiger partial charge in [0.1, 0.15) is 28.7 Å². The number of alkyl halides is 3. The number of rotatable bonds is 2. The first kappa shape index (κ1) is 15.9. The van der Waals surface area contributed by atoms with Gasteiger partial charge in [-0.05, 0) is 12.8 Å². The van der Waals surface area contributed by atoms with E-state index in [9.17, 15) is 13.2 Å². The third kappa shape index (κ3) is 3.19. The number of halogens is 4. The zero-order valence-electron chi connectivity index (χ0n) is 11.9. The molecule has 0 saturated carbocycles. The van der Waals surface area contributed by atoms with E-state index in [1.807, 2.05) is 4.90 Å². The van der Waals surface area contributed by atoms with Crippen molar-refractivity contribution in [3.05, 3.63) is 29.1 Å². The fourth-order valence-electron chi connectivity index (χ4n) is 2.67. The second kappa shape index (κ2) is 5.88. The third-order valence-corrected chi connectivity index (χ3v) is 4.17. The van der Waals surface area contributed by atoms with Gasteiger partial charge in [0.15, 0.2) is 5.82 Å². The molecule has 3 N–H and O–H groups in total. The Hall–Kier alpha value is -2.03. The summed E-state index contributed by atoms with van der Waals surface area (Å²) in [7, 11) is 0. The summed E-state index contributed by atoms with van der Waals surface area (Å²) in [5, 5.41) is 0.253. The molecule has 2 aromatic heterocycles. The monoisotopic (exact) mass is 346 g/mol. The number of aromatic amines is 1. The zero-order valence-corrected chi connectivity index (χ0v) is 12.7. The molecule has 23 heavy (non-hydrogen) atoms. The predicted octanol–water partition coefficient (Wildman–Crippen LogP) is 2.84. The van der Waals surface area contributed by atoms with Crippen molar-refractivity contribution in [2.45, 2.75) is 24.9 Å². The van der Waals surface area contributed by atoms with Crippen LogP contribution in [0, 0.1) is 0 Å². The minimum absolute atomic E-state index is 0.160. The van der Waals surface area contributed by atoms with E-state index in [1.165, 1.54) is 6.33 Å². The van der Waals surface area contributed by atoms with E-state index in [-0.39, 0.29) is 16.8 Å². The highest BCUT2D eigenvalue weighted by molar-refractivity contribution is 6.35. The number of anilines is 2. The zero-order chi connectivity index (χ0) is 16.6. The summed E-state index contributed by atoms with van der Waals surface area (Å²) in [5.41, 5.74) is 4.83. The van der Waals surface area contributed by atoms with E-state index in [2.05, 4.69) is 19.9 Å². The number of H-pyrrole nitrogens is 1. The first-order valence-corrected chi connectivity index (χ1v) is 7.37. The Labute approximate surface area is 134 Å². The highest BCUT2D eigenvalue weighted by Crippen LogP contribution is 2.34. The Morgan fingerprint density at radius 3 is 2.78 bits per heavy atom. The van der Waals surface area contributed by atoms with Crippen LogP contribution < -0.4 is 10.6 Å². The summed E-state index contributed by atoms with van der Waals surface area (Å²) in [4.78, 5) is 16.1. The molecule has 0 spiro atoms. The summed E-state index contributed by atoms with van der Waals surface area (Å²) in [6.45, 7) is 1.15. The molecule has 0 aliphatic carbocycles. The molecule has 0 aromatic carbocycles. The first-order valence-electron chi connectivity index (χ1n) is 6.99. The lowest BCUT2D eigenvalue weighted by Gasteiger charge is -2.33. The normalized spacial score (nSPS) is 19.1. The van der Waals surface area contributed by atoms with Crippen molar-refractivity contribution in [2.75, 3.05) is 23.7 Å². The number of piperidine rings is 1. The molecule has 1 fully saturated rings. The number of nitrogens with two attached hydrogens (primary N) is 1. The summed E-state index contributed by atoms with van der Waals surface area (Å²) >= 11 is 6.12. The molecule has 0 radical (unpaired) electrons. The molecule has 3 heterocycles. The second-order valence-corrected chi connectivity index (χ2v) is 5.74. The van der Waals surface area contributed by atoms with Crippen molar-refractivity contribution in [3.8, 4) is 0 Å². The summed E-state index contributed by atoms with van der Waals surface area (Å²) in [5.74, 6) is 0.829. The SMILES string of the molecule is Nc1ncnc(N2CCCC(c3ncc(C(F)(F)F)[nH]3)C2)c1Cl. The van der Waals surface area contributed by atoms with Crippen LogP contribution in [0.4, 0.5) is 24.8 Å². The lowest BCUT2D eigenvalue weighted by atomic mass is 9.97. The smallest absolute Gasteiger partial charge is 0.382 e. The lowest BCUT2D eigenvalue weighted by Crippen LogP contribution is -2.35. The van der Waals surface area contributed by atoms with Crippen molar-refractivity contribution in [1.29, 1.82) is 0 Å². The van der Waals surface area contributed by atoms with Gasteiger partial charge in [-0.15, -0.1) is 0 Å². The van der Waals surface area contributed by atoms with Gasteiger partial charge in [-0.25, -0.2) is 15.0 Å². The summed E-state index contributed by atoms with van der Waals surface area (Å²) in [6.07, 6.45) is -0.769. The number of hydrogen-bond acceptors (Lipinski definition) is 5. The molecule has 1 saturated heterocycles. The van der Waals surface area contributed by atoms with Gasteiger partial charge in [0.2, 0.25) is 0 Å². The van der Waals surface area contributed by atoms with E-state index in [1.54, 1.807) is 0 Å². The largest absolute Gasteiger partial charge is 0.432 e.